The minimum atomic E-state index is -1.44. The molecule has 370 valence electrons. The van der Waals surface area contributed by atoms with Gasteiger partial charge < -0.3 is 107 Å². The Bertz CT molecular complexity index is 1230. The van der Waals surface area contributed by atoms with Gasteiger partial charge in [0.05, 0.1) is 37.6 Å². The summed E-state index contributed by atoms with van der Waals surface area (Å²) >= 11 is 0. The fourth-order valence-corrected chi connectivity index (χ4v) is 8.68. The van der Waals surface area contributed by atoms with E-state index in [0.717, 1.165) is 0 Å². The molecule has 21 heteroatoms. The molecule has 0 aliphatic carbocycles. The van der Waals surface area contributed by atoms with E-state index in [4.69, 9.17) is 37.9 Å². The molecule has 0 radical (unpaired) electrons. The van der Waals surface area contributed by atoms with Crippen LogP contribution in [0.2, 0.25) is 0 Å². The third-order valence-corrected chi connectivity index (χ3v) is 12.3. The molecular weight excluding hydrogens is 1000 g/mol. The van der Waals surface area contributed by atoms with Gasteiger partial charge in [0.1, 0.15) is 61.0 Å². The number of rotatable bonds is 10. The van der Waals surface area contributed by atoms with Gasteiger partial charge >= 0.3 is 0 Å². The molecule has 12 unspecified atom stereocenters. The van der Waals surface area contributed by atoms with Crippen LogP contribution in [0, 0.1) is 33.4 Å². The monoisotopic (exact) mass is 1080 g/mol. The Morgan fingerprint density at radius 1 is 0.492 bits per heavy atom. The quantitative estimate of drug-likeness (QED) is 0.112. The van der Waals surface area contributed by atoms with Crippen LogP contribution in [0.15, 0.2) is 24.6 Å². The molecule has 12 aliphatic rings. The van der Waals surface area contributed by atoms with E-state index in [1.165, 1.54) is 0 Å². The van der Waals surface area contributed by atoms with E-state index in [2.05, 4.69) is 37.9 Å². The van der Waals surface area contributed by atoms with Crippen molar-refractivity contribution in [3.05, 3.63) is 46.1 Å². The minimum absolute atomic E-state index is 0. The number of nitrogens with one attached hydrogen (secondary N) is 2. The molecule has 0 aromatic carbocycles. The molecule has 0 spiro atoms. The van der Waals surface area contributed by atoms with E-state index >= 15 is 0 Å². The number of hydrogen-bond donors (Lipinski definition) is 12. The van der Waals surface area contributed by atoms with E-state index in [9.17, 15) is 51.1 Å². The zero-order chi connectivity index (χ0) is 43.7. The topological polar surface area (TPSA) is 300 Å². The van der Waals surface area contributed by atoms with Crippen molar-refractivity contribution in [1.82, 2.24) is 10.6 Å². The number of allylic oxidation sites excluding steroid dienone is 2. The van der Waals surface area contributed by atoms with Gasteiger partial charge in [-0.05, 0) is 62.8 Å². The van der Waals surface area contributed by atoms with E-state index in [-0.39, 0.29) is 61.0 Å². The first-order chi connectivity index (χ1) is 28.7. The van der Waals surface area contributed by atoms with Crippen LogP contribution < -0.4 is 10.6 Å². The SMILES string of the molecule is C.C=C(CCC1O[C@@H]2OC3C(CO)O[C@H](OCCCCC1[C@H](O)C2O)C(O)[C@H]3O)N[CH2-].C=C(CCC1O[C@@H]2OC3C(CO)O[C@H](OCCCCC1[C@H](O)C2O)C(O)[C@H]3O)N[CH2-].[CH3-].[W]. The summed E-state index contributed by atoms with van der Waals surface area (Å²) < 4.78 is 45.9. The second kappa shape index (κ2) is 27.8. The molecule has 0 saturated carbocycles. The maximum absolute atomic E-state index is 10.8. The van der Waals surface area contributed by atoms with Crippen LogP contribution in [0.25, 0.3) is 0 Å². The molecule has 12 aliphatic heterocycles. The first kappa shape index (κ1) is 58.2. The predicted octanol–water partition coefficient (Wildman–Crippen LogP) is -1.42. The summed E-state index contributed by atoms with van der Waals surface area (Å²) in [5.41, 5.74) is 1.42. The Balaban J connectivity index is 0.000000414. The smallest absolute Gasteiger partial charge is 0.186 e. The first-order valence-corrected chi connectivity index (χ1v) is 21.0. The van der Waals surface area contributed by atoms with Gasteiger partial charge in [-0.25, -0.2) is 0 Å². The van der Waals surface area contributed by atoms with E-state index < -0.39 is 124 Å². The van der Waals surface area contributed by atoms with Crippen LogP contribution in [0.5, 0.6) is 0 Å². The molecule has 20 atom stereocenters. The second-order valence-corrected chi connectivity index (χ2v) is 16.4. The fraction of sp³-hybridized carbons (Fsp3) is 0.833. The normalized spacial score (nSPS) is 43.0. The second-order valence-electron chi connectivity index (χ2n) is 16.4. The zero-order valence-electron chi connectivity index (χ0n) is 35.4. The van der Waals surface area contributed by atoms with Crippen LogP contribution in [0.1, 0.15) is 71.6 Å². The molecule has 12 fully saturated rings. The van der Waals surface area contributed by atoms with Gasteiger partial charge in [0.15, 0.2) is 25.2 Å². The third kappa shape index (κ3) is 14.5. The first-order valence-electron chi connectivity index (χ1n) is 21.0. The molecular formula is C42H75N2O18W-3. The summed E-state index contributed by atoms with van der Waals surface area (Å²) in [6, 6.07) is 0. The molecule has 0 aromatic rings. The van der Waals surface area contributed by atoms with Crippen molar-refractivity contribution in [3.8, 4) is 0 Å². The standard InChI is InChI=1S/2C20H34NO9.CH4.CH3.W/c2*1-10(21-2)6-7-12-11-5-3-4-8-27-19-17(26)15(24)18(13(9-22)29-19)30-20(28-12)16(25)14(11)23;;;/h2*11-26H,1-9H2;1H4;1H3;/q2*-1;;-1;/t2*11?,12?,13?,14-,15+,16?,17?,18?,19-,20+;;;/m00.../s1. The van der Waals surface area contributed by atoms with Gasteiger partial charge in [0.2, 0.25) is 0 Å². The number of aliphatic hydroxyl groups excluding tert-OH is 10. The van der Waals surface area contributed by atoms with Gasteiger partial charge in [-0.3, -0.25) is 14.1 Å². The Morgan fingerprint density at radius 2 is 0.825 bits per heavy atom. The van der Waals surface area contributed by atoms with Crippen molar-refractivity contribution in [1.29, 1.82) is 0 Å². The van der Waals surface area contributed by atoms with Gasteiger partial charge in [-0.15, -0.1) is 0 Å². The van der Waals surface area contributed by atoms with Crippen LogP contribution in [0.4, 0.5) is 0 Å². The molecule has 63 heavy (non-hydrogen) atoms. The number of aliphatic hydroxyl groups is 10. The Kier molecular flexibility index (Phi) is 25.6. The van der Waals surface area contributed by atoms with Crippen LogP contribution in [-0.4, -0.2) is 188 Å². The summed E-state index contributed by atoms with van der Waals surface area (Å²) in [4.78, 5) is 0. The third-order valence-electron chi connectivity index (χ3n) is 12.3. The van der Waals surface area contributed by atoms with Crippen LogP contribution in [-0.2, 0) is 59.0 Å². The summed E-state index contributed by atoms with van der Waals surface area (Å²) in [5.74, 6) is -0.643. The molecule has 12 N–H and O–H groups in total. The average molecular weight is 1080 g/mol. The van der Waals surface area contributed by atoms with Gasteiger partial charge in [0.25, 0.3) is 0 Å². The molecule has 8 bridgehead atoms. The molecule has 12 saturated heterocycles. The van der Waals surface area contributed by atoms with Gasteiger partial charge in [-0.1, -0.05) is 33.4 Å². The van der Waals surface area contributed by atoms with E-state index in [1.807, 2.05) is 0 Å². The van der Waals surface area contributed by atoms with Crippen LogP contribution >= 0.6 is 0 Å². The maximum Gasteiger partial charge on any atom is 0.186 e. The molecule has 0 aromatic heterocycles. The Morgan fingerprint density at radius 3 is 1.16 bits per heavy atom. The van der Waals surface area contributed by atoms with Crippen molar-refractivity contribution >= 4 is 0 Å². The maximum atomic E-state index is 10.8. The number of hydrogen-bond acceptors (Lipinski definition) is 20. The zero-order valence-corrected chi connectivity index (χ0v) is 38.4. The summed E-state index contributed by atoms with van der Waals surface area (Å²) in [6.07, 6.45) is -14.6. The van der Waals surface area contributed by atoms with Crippen molar-refractivity contribution in [3.63, 3.8) is 0 Å². The van der Waals surface area contributed by atoms with E-state index in [1.54, 1.807) is 0 Å². The Labute approximate surface area is 386 Å². The fourth-order valence-electron chi connectivity index (χ4n) is 8.68. The Hall–Kier alpha value is -0.952. The summed E-state index contributed by atoms with van der Waals surface area (Å²) in [6.45, 7) is 7.24. The van der Waals surface area contributed by atoms with Crippen molar-refractivity contribution in [2.24, 2.45) is 11.8 Å². The number of ether oxygens (including phenoxy) is 8. The summed E-state index contributed by atoms with van der Waals surface area (Å²) in [5, 5.41) is 110. The summed E-state index contributed by atoms with van der Waals surface area (Å²) in [7, 11) is 7.16. The van der Waals surface area contributed by atoms with Crippen molar-refractivity contribution in [2.75, 3.05) is 26.4 Å². The molecule has 0 amide bonds. The van der Waals surface area contributed by atoms with E-state index in [0.29, 0.717) is 75.6 Å². The molecule has 12 heterocycles. The average Bonchev–Trinajstić information content (AvgIpc) is 3.25. The van der Waals surface area contributed by atoms with Gasteiger partial charge in [-0.2, -0.15) is 0 Å². The predicted molar refractivity (Wildman–Crippen MR) is 220 cm³/mol. The molecule has 20 nitrogen and oxygen atoms in total. The van der Waals surface area contributed by atoms with Crippen molar-refractivity contribution < 1.29 is 110 Å². The molecule has 12 rings (SSSR count). The van der Waals surface area contributed by atoms with Crippen LogP contribution in [0.3, 0.4) is 0 Å². The largest absolute Gasteiger partial charge is 0.542 e. The van der Waals surface area contributed by atoms with Crippen molar-refractivity contribution in [2.45, 2.75) is 182 Å². The van der Waals surface area contributed by atoms with Gasteiger partial charge in [0, 0.05) is 46.1 Å². The minimum Gasteiger partial charge on any atom is -0.542 e.